The summed E-state index contributed by atoms with van der Waals surface area (Å²) in [6.07, 6.45) is 2.06. The number of aryl methyl sites for hydroxylation is 1. The number of thiazole rings is 1. The van der Waals surface area contributed by atoms with Crippen LogP contribution in [0.2, 0.25) is 0 Å². The van der Waals surface area contributed by atoms with E-state index >= 15 is 0 Å². The van der Waals surface area contributed by atoms with Crippen LogP contribution in [0.3, 0.4) is 0 Å². The Morgan fingerprint density at radius 1 is 1.35 bits per heavy atom. The van der Waals surface area contributed by atoms with Gasteiger partial charge in [0.15, 0.2) is 0 Å². The van der Waals surface area contributed by atoms with Crippen molar-refractivity contribution in [3.05, 3.63) is 40.9 Å². The van der Waals surface area contributed by atoms with Gasteiger partial charge in [-0.2, -0.15) is 0 Å². The Kier molecular flexibility index (Phi) is 4.90. The van der Waals surface area contributed by atoms with Crippen LogP contribution in [0, 0.1) is 6.92 Å². The zero-order valence-corrected chi connectivity index (χ0v) is 13.0. The van der Waals surface area contributed by atoms with Crippen LogP contribution < -0.4 is 5.32 Å². The summed E-state index contributed by atoms with van der Waals surface area (Å²) in [5, 5.41) is 3.93. The van der Waals surface area contributed by atoms with Gasteiger partial charge >= 0.3 is 0 Å². The van der Waals surface area contributed by atoms with Crippen LogP contribution >= 0.6 is 11.3 Å². The Morgan fingerprint density at radius 3 is 2.70 bits per heavy atom. The zero-order chi connectivity index (χ0) is 14.5. The molecule has 0 aliphatic heterocycles. The highest BCUT2D eigenvalue weighted by molar-refractivity contribution is 7.17. The third-order valence-electron chi connectivity index (χ3n) is 3.12. The minimum Gasteiger partial charge on any atom is -0.349 e. The van der Waals surface area contributed by atoms with E-state index < -0.39 is 0 Å². The molecule has 0 spiro atoms. The molecule has 1 aromatic heterocycles. The largest absolute Gasteiger partial charge is 0.349 e. The zero-order valence-electron chi connectivity index (χ0n) is 12.1. The molecule has 1 amide bonds. The summed E-state index contributed by atoms with van der Waals surface area (Å²) in [5.74, 6) is -0.0110. The second-order valence-electron chi connectivity index (χ2n) is 4.96. The van der Waals surface area contributed by atoms with Gasteiger partial charge in [0.05, 0.1) is 5.69 Å². The van der Waals surface area contributed by atoms with Crippen LogP contribution in [-0.4, -0.2) is 16.9 Å². The maximum absolute atomic E-state index is 12.3. The molecule has 2 aromatic rings. The number of nitrogens with one attached hydrogen (secondary N) is 1. The number of hydrogen-bond donors (Lipinski definition) is 1. The SMILES string of the molecule is CCCC(C)NC(=O)c1sc(-c2ccccc2)nc1C. The van der Waals surface area contributed by atoms with Gasteiger partial charge in [0.1, 0.15) is 9.88 Å². The smallest absolute Gasteiger partial charge is 0.263 e. The van der Waals surface area contributed by atoms with Gasteiger partial charge in [0, 0.05) is 11.6 Å². The van der Waals surface area contributed by atoms with Gasteiger partial charge in [0.25, 0.3) is 5.91 Å². The molecule has 1 unspecified atom stereocenters. The fourth-order valence-electron chi connectivity index (χ4n) is 2.11. The molecule has 0 aliphatic rings. The molecule has 1 N–H and O–H groups in total. The lowest BCUT2D eigenvalue weighted by molar-refractivity contribution is 0.0941. The highest BCUT2D eigenvalue weighted by Gasteiger charge is 2.17. The van der Waals surface area contributed by atoms with E-state index in [1.807, 2.05) is 44.2 Å². The van der Waals surface area contributed by atoms with E-state index in [-0.39, 0.29) is 11.9 Å². The Morgan fingerprint density at radius 2 is 2.05 bits per heavy atom. The van der Waals surface area contributed by atoms with E-state index in [0.717, 1.165) is 29.1 Å². The van der Waals surface area contributed by atoms with Gasteiger partial charge in [-0.15, -0.1) is 11.3 Å². The standard InChI is InChI=1S/C16H20N2OS/c1-4-8-11(2)17-15(19)14-12(3)18-16(20-14)13-9-6-5-7-10-13/h5-7,9-11H,4,8H2,1-3H3,(H,17,19). The normalized spacial score (nSPS) is 12.2. The molecule has 3 nitrogen and oxygen atoms in total. The second kappa shape index (κ2) is 6.66. The first-order chi connectivity index (χ1) is 9.61. The van der Waals surface area contributed by atoms with Crippen LogP contribution in [0.25, 0.3) is 10.6 Å². The van der Waals surface area contributed by atoms with E-state index in [1.165, 1.54) is 11.3 Å². The maximum Gasteiger partial charge on any atom is 0.263 e. The number of rotatable bonds is 5. The molecule has 0 aliphatic carbocycles. The number of carbonyl (C=O) groups is 1. The molecular formula is C16H20N2OS. The Balaban J connectivity index is 2.17. The van der Waals surface area contributed by atoms with E-state index in [1.54, 1.807) is 0 Å². The van der Waals surface area contributed by atoms with Gasteiger partial charge < -0.3 is 5.32 Å². The van der Waals surface area contributed by atoms with Crippen molar-refractivity contribution in [3.63, 3.8) is 0 Å². The summed E-state index contributed by atoms with van der Waals surface area (Å²) in [6.45, 7) is 6.05. The quantitative estimate of drug-likeness (QED) is 0.902. The lowest BCUT2D eigenvalue weighted by atomic mass is 10.2. The van der Waals surface area contributed by atoms with Crippen molar-refractivity contribution in [3.8, 4) is 10.6 Å². The molecule has 0 bridgehead atoms. The summed E-state index contributed by atoms with van der Waals surface area (Å²) >= 11 is 1.46. The fourth-order valence-corrected chi connectivity index (χ4v) is 3.08. The van der Waals surface area contributed by atoms with E-state index in [4.69, 9.17) is 0 Å². The molecule has 20 heavy (non-hydrogen) atoms. The monoisotopic (exact) mass is 288 g/mol. The molecule has 0 fully saturated rings. The number of aromatic nitrogens is 1. The Labute approximate surface area is 124 Å². The molecule has 1 atom stereocenters. The molecule has 106 valence electrons. The second-order valence-corrected chi connectivity index (χ2v) is 5.96. The van der Waals surface area contributed by atoms with Crippen molar-refractivity contribution in [1.82, 2.24) is 10.3 Å². The first-order valence-corrected chi connectivity index (χ1v) is 7.77. The molecule has 2 rings (SSSR count). The minimum absolute atomic E-state index is 0.0110. The Hall–Kier alpha value is -1.68. The minimum atomic E-state index is -0.0110. The number of hydrogen-bond acceptors (Lipinski definition) is 3. The van der Waals surface area contributed by atoms with Crippen LogP contribution in [0.15, 0.2) is 30.3 Å². The molecule has 0 saturated carbocycles. The number of amides is 1. The first-order valence-electron chi connectivity index (χ1n) is 6.95. The number of nitrogens with zero attached hydrogens (tertiary/aromatic N) is 1. The highest BCUT2D eigenvalue weighted by Crippen LogP contribution is 2.27. The molecule has 0 saturated heterocycles. The summed E-state index contributed by atoms with van der Waals surface area (Å²) in [4.78, 5) is 17.5. The number of carbonyl (C=O) groups excluding carboxylic acids is 1. The highest BCUT2D eigenvalue weighted by atomic mass is 32.1. The third-order valence-corrected chi connectivity index (χ3v) is 4.33. The van der Waals surface area contributed by atoms with E-state index in [2.05, 4.69) is 17.2 Å². The van der Waals surface area contributed by atoms with Gasteiger partial charge in [0.2, 0.25) is 0 Å². The third kappa shape index (κ3) is 3.45. The first kappa shape index (κ1) is 14.7. The predicted molar refractivity (Wildman–Crippen MR) is 84.1 cm³/mol. The molecular weight excluding hydrogens is 268 g/mol. The maximum atomic E-state index is 12.3. The van der Waals surface area contributed by atoms with E-state index in [0.29, 0.717) is 4.88 Å². The van der Waals surface area contributed by atoms with Gasteiger partial charge in [-0.1, -0.05) is 43.7 Å². The lowest BCUT2D eigenvalue weighted by Gasteiger charge is -2.11. The van der Waals surface area contributed by atoms with Crippen molar-refractivity contribution in [2.75, 3.05) is 0 Å². The molecule has 1 aromatic carbocycles. The summed E-state index contributed by atoms with van der Waals surface area (Å²) < 4.78 is 0. The van der Waals surface area contributed by atoms with Crippen LogP contribution in [-0.2, 0) is 0 Å². The van der Waals surface area contributed by atoms with Crippen molar-refractivity contribution >= 4 is 17.2 Å². The molecule has 1 heterocycles. The topological polar surface area (TPSA) is 42.0 Å². The van der Waals surface area contributed by atoms with Crippen molar-refractivity contribution in [2.24, 2.45) is 0 Å². The van der Waals surface area contributed by atoms with Crippen molar-refractivity contribution in [1.29, 1.82) is 0 Å². The van der Waals surface area contributed by atoms with Crippen LogP contribution in [0.1, 0.15) is 42.1 Å². The summed E-state index contributed by atoms with van der Waals surface area (Å²) in [7, 11) is 0. The van der Waals surface area contributed by atoms with Gasteiger partial charge in [-0.25, -0.2) is 4.98 Å². The molecule has 4 heteroatoms. The lowest BCUT2D eigenvalue weighted by Crippen LogP contribution is -2.32. The average Bonchev–Trinajstić information content (AvgIpc) is 2.82. The van der Waals surface area contributed by atoms with E-state index in [9.17, 15) is 4.79 Å². The summed E-state index contributed by atoms with van der Waals surface area (Å²) in [5.41, 5.74) is 1.86. The van der Waals surface area contributed by atoms with Gasteiger partial charge in [-0.3, -0.25) is 4.79 Å². The van der Waals surface area contributed by atoms with Crippen LogP contribution in [0.5, 0.6) is 0 Å². The van der Waals surface area contributed by atoms with Crippen molar-refractivity contribution < 1.29 is 4.79 Å². The summed E-state index contributed by atoms with van der Waals surface area (Å²) in [6, 6.07) is 10.2. The average molecular weight is 288 g/mol. The number of benzene rings is 1. The Bertz CT molecular complexity index is 577. The van der Waals surface area contributed by atoms with Crippen molar-refractivity contribution in [2.45, 2.75) is 39.7 Å². The molecule has 0 radical (unpaired) electrons. The fraction of sp³-hybridized carbons (Fsp3) is 0.375. The predicted octanol–water partition coefficient (Wildman–Crippen LogP) is 4.04. The van der Waals surface area contributed by atoms with Crippen LogP contribution in [0.4, 0.5) is 0 Å². The van der Waals surface area contributed by atoms with Gasteiger partial charge in [-0.05, 0) is 20.3 Å².